The van der Waals surface area contributed by atoms with Crippen molar-refractivity contribution in [1.29, 1.82) is 0 Å². The van der Waals surface area contributed by atoms with Crippen LogP contribution < -0.4 is 5.32 Å². The molecule has 1 atom stereocenters. The molecular formula is C21H23N3O. The van der Waals surface area contributed by atoms with Crippen LogP contribution >= 0.6 is 0 Å². The molecule has 25 heavy (non-hydrogen) atoms. The van der Waals surface area contributed by atoms with Gasteiger partial charge in [-0.05, 0) is 19.4 Å². The lowest BCUT2D eigenvalue weighted by Gasteiger charge is -2.14. The number of aryl methyl sites for hydroxylation is 1. The van der Waals surface area contributed by atoms with Crippen LogP contribution in [0.1, 0.15) is 24.1 Å². The van der Waals surface area contributed by atoms with Crippen molar-refractivity contribution in [2.45, 2.75) is 26.3 Å². The number of amides is 1. The zero-order valence-corrected chi connectivity index (χ0v) is 14.6. The van der Waals surface area contributed by atoms with Gasteiger partial charge in [-0.25, -0.2) is 4.98 Å². The van der Waals surface area contributed by atoms with Crippen molar-refractivity contribution in [3.05, 3.63) is 78.1 Å². The van der Waals surface area contributed by atoms with Gasteiger partial charge in [0.05, 0.1) is 5.92 Å². The first-order valence-electron chi connectivity index (χ1n) is 8.57. The lowest BCUT2D eigenvalue weighted by molar-refractivity contribution is -0.122. The topological polar surface area (TPSA) is 46.9 Å². The highest BCUT2D eigenvalue weighted by atomic mass is 16.1. The lowest BCUT2D eigenvalue weighted by atomic mass is 10.0. The Kier molecular flexibility index (Phi) is 5.29. The maximum absolute atomic E-state index is 12.4. The minimum atomic E-state index is -0.154. The Morgan fingerprint density at radius 3 is 2.40 bits per heavy atom. The van der Waals surface area contributed by atoms with E-state index in [1.165, 1.54) is 0 Å². The Bertz CT molecular complexity index is 825. The normalized spacial score (nSPS) is 11.9. The number of carbonyl (C=O) groups is 1. The van der Waals surface area contributed by atoms with E-state index in [2.05, 4.69) is 14.9 Å². The molecule has 1 unspecified atom stereocenters. The molecule has 0 spiro atoms. The van der Waals surface area contributed by atoms with Gasteiger partial charge in [0.1, 0.15) is 5.82 Å². The summed E-state index contributed by atoms with van der Waals surface area (Å²) in [5, 5.41) is 3.04. The molecule has 4 heteroatoms. The van der Waals surface area contributed by atoms with Gasteiger partial charge in [0.15, 0.2) is 0 Å². The van der Waals surface area contributed by atoms with Gasteiger partial charge in [-0.2, -0.15) is 0 Å². The smallest absolute Gasteiger partial charge is 0.227 e. The Labute approximate surface area is 148 Å². The molecule has 4 nitrogen and oxygen atoms in total. The van der Waals surface area contributed by atoms with E-state index < -0.39 is 0 Å². The first-order chi connectivity index (χ1) is 12.2. The third kappa shape index (κ3) is 3.97. The number of nitrogens with zero attached hydrogens (tertiary/aromatic N) is 2. The predicted octanol–water partition coefficient (Wildman–Crippen LogP) is 3.78. The number of carbonyl (C=O) groups excluding carboxylic acids is 1. The summed E-state index contributed by atoms with van der Waals surface area (Å²) in [6.07, 6.45) is 1.87. The number of hydrogen-bond acceptors (Lipinski definition) is 2. The van der Waals surface area contributed by atoms with Crippen LogP contribution in [0.25, 0.3) is 11.4 Å². The lowest BCUT2D eigenvalue weighted by Crippen LogP contribution is -2.31. The highest BCUT2D eigenvalue weighted by molar-refractivity contribution is 5.83. The van der Waals surface area contributed by atoms with Crippen LogP contribution in [-0.4, -0.2) is 22.0 Å². The molecular weight excluding hydrogens is 310 g/mol. The number of aromatic nitrogens is 2. The van der Waals surface area contributed by atoms with Crippen molar-refractivity contribution in [3.8, 4) is 11.4 Å². The van der Waals surface area contributed by atoms with E-state index in [0.717, 1.165) is 22.6 Å². The monoisotopic (exact) mass is 333 g/mol. The zero-order chi connectivity index (χ0) is 17.6. The van der Waals surface area contributed by atoms with Crippen molar-refractivity contribution >= 4 is 5.91 Å². The quantitative estimate of drug-likeness (QED) is 0.746. The summed E-state index contributed by atoms with van der Waals surface area (Å²) in [5.41, 5.74) is 3.20. The molecule has 0 radical (unpaired) electrons. The molecule has 0 fully saturated rings. The van der Waals surface area contributed by atoms with Gasteiger partial charge in [-0.1, -0.05) is 60.7 Å². The molecule has 1 aromatic heterocycles. The van der Waals surface area contributed by atoms with Crippen molar-refractivity contribution in [1.82, 2.24) is 14.9 Å². The summed E-state index contributed by atoms with van der Waals surface area (Å²) in [7, 11) is 0. The second-order valence-electron chi connectivity index (χ2n) is 6.16. The number of benzene rings is 2. The van der Waals surface area contributed by atoms with E-state index in [-0.39, 0.29) is 11.8 Å². The van der Waals surface area contributed by atoms with E-state index in [1.807, 2.05) is 80.7 Å². The maximum atomic E-state index is 12.4. The largest absolute Gasteiger partial charge is 0.354 e. The van der Waals surface area contributed by atoms with Gasteiger partial charge < -0.3 is 9.88 Å². The Balaban J connectivity index is 1.63. The maximum Gasteiger partial charge on any atom is 0.227 e. The molecule has 1 N–H and O–H groups in total. The number of rotatable bonds is 6. The van der Waals surface area contributed by atoms with Crippen molar-refractivity contribution in [2.24, 2.45) is 0 Å². The molecule has 0 aliphatic heterocycles. The average molecular weight is 333 g/mol. The van der Waals surface area contributed by atoms with E-state index in [9.17, 15) is 4.79 Å². The SMILES string of the molecule is Cc1cnc(-c2ccccc2)n1CCNC(=O)C(C)c1ccccc1. The Morgan fingerprint density at radius 1 is 1.08 bits per heavy atom. The van der Waals surface area contributed by atoms with Crippen LogP contribution in [0.5, 0.6) is 0 Å². The summed E-state index contributed by atoms with van der Waals surface area (Å²) >= 11 is 0. The fourth-order valence-corrected chi connectivity index (χ4v) is 2.90. The molecule has 2 aromatic carbocycles. The van der Waals surface area contributed by atoms with Crippen molar-refractivity contribution in [2.75, 3.05) is 6.54 Å². The fourth-order valence-electron chi connectivity index (χ4n) is 2.90. The van der Waals surface area contributed by atoms with Gasteiger partial charge in [-0.3, -0.25) is 4.79 Å². The van der Waals surface area contributed by atoms with Gasteiger partial charge in [0.2, 0.25) is 5.91 Å². The summed E-state index contributed by atoms with van der Waals surface area (Å²) < 4.78 is 2.14. The average Bonchev–Trinajstić information content (AvgIpc) is 3.03. The first kappa shape index (κ1) is 17.0. The van der Waals surface area contributed by atoms with Crippen molar-refractivity contribution < 1.29 is 4.79 Å². The van der Waals surface area contributed by atoms with Gasteiger partial charge >= 0.3 is 0 Å². The van der Waals surface area contributed by atoms with E-state index in [1.54, 1.807) is 0 Å². The van der Waals surface area contributed by atoms with Crippen LogP contribution in [-0.2, 0) is 11.3 Å². The van der Waals surface area contributed by atoms with E-state index in [4.69, 9.17) is 0 Å². The van der Waals surface area contributed by atoms with E-state index >= 15 is 0 Å². The first-order valence-corrected chi connectivity index (χ1v) is 8.57. The van der Waals surface area contributed by atoms with Gasteiger partial charge in [0, 0.05) is 30.5 Å². The minimum Gasteiger partial charge on any atom is -0.354 e. The number of imidazole rings is 1. The standard InChI is InChI=1S/C21H23N3O/c1-16-15-23-20(19-11-7-4-8-12-19)24(16)14-13-22-21(25)17(2)18-9-5-3-6-10-18/h3-12,15,17H,13-14H2,1-2H3,(H,22,25). The summed E-state index contributed by atoms with van der Waals surface area (Å²) in [6, 6.07) is 20.0. The minimum absolute atomic E-state index is 0.0465. The number of nitrogens with one attached hydrogen (secondary N) is 1. The molecule has 0 saturated carbocycles. The third-order valence-electron chi connectivity index (χ3n) is 4.41. The van der Waals surface area contributed by atoms with Gasteiger partial charge in [-0.15, -0.1) is 0 Å². The van der Waals surface area contributed by atoms with Crippen LogP contribution in [0.4, 0.5) is 0 Å². The molecule has 128 valence electrons. The van der Waals surface area contributed by atoms with Crippen LogP contribution in [0.15, 0.2) is 66.9 Å². The second kappa shape index (κ2) is 7.79. The van der Waals surface area contributed by atoms with Crippen LogP contribution in [0, 0.1) is 6.92 Å². The molecule has 0 aliphatic carbocycles. The molecule has 0 bridgehead atoms. The highest BCUT2D eigenvalue weighted by Crippen LogP contribution is 2.19. The molecule has 0 saturated heterocycles. The predicted molar refractivity (Wildman–Crippen MR) is 100 cm³/mol. The van der Waals surface area contributed by atoms with Crippen molar-refractivity contribution in [3.63, 3.8) is 0 Å². The van der Waals surface area contributed by atoms with Crippen LogP contribution in [0.3, 0.4) is 0 Å². The van der Waals surface area contributed by atoms with Gasteiger partial charge in [0.25, 0.3) is 0 Å². The molecule has 1 heterocycles. The molecule has 3 aromatic rings. The fraction of sp³-hybridized carbons (Fsp3) is 0.238. The highest BCUT2D eigenvalue weighted by Gasteiger charge is 2.15. The summed E-state index contributed by atoms with van der Waals surface area (Å²) in [6.45, 7) is 5.24. The zero-order valence-electron chi connectivity index (χ0n) is 14.6. The van der Waals surface area contributed by atoms with E-state index in [0.29, 0.717) is 13.1 Å². The summed E-state index contributed by atoms with van der Waals surface area (Å²) in [5.74, 6) is 0.826. The summed E-state index contributed by atoms with van der Waals surface area (Å²) in [4.78, 5) is 16.9. The number of hydrogen-bond donors (Lipinski definition) is 1. The third-order valence-corrected chi connectivity index (χ3v) is 4.41. The van der Waals surface area contributed by atoms with Crippen LogP contribution in [0.2, 0.25) is 0 Å². The Morgan fingerprint density at radius 2 is 1.72 bits per heavy atom. The molecule has 0 aliphatic rings. The molecule has 3 rings (SSSR count). The molecule has 1 amide bonds. The Hall–Kier alpha value is -2.88. The second-order valence-corrected chi connectivity index (χ2v) is 6.16.